The predicted molar refractivity (Wildman–Crippen MR) is 418 cm³/mol. The molecule has 2 heteroatoms. The summed E-state index contributed by atoms with van der Waals surface area (Å²) < 4.78 is 529. The highest BCUT2D eigenvalue weighted by atomic mass is 16.3. The lowest BCUT2D eigenvalue weighted by molar-refractivity contribution is 0.669. The molecule has 0 radical (unpaired) electrons. The van der Waals surface area contributed by atoms with Gasteiger partial charge in [0.25, 0.3) is 0 Å². The van der Waals surface area contributed by atoms with Crippen LogP contribution in [0.15, 0.2) is 359 Å². The number of furan rings is 2. The Labute approximate surface area is 644 Å². The van der Waals surface area contributed by atoms with Gasteiger partial charge >= 0.3 is 0 Å². The molecule has 0 N–H and O–H groups in total. The van der Waals surface area contributed by atoms with Crippen LogP contribution >= 0.6 is 0 Å². The van der Waals surface area contributed by atoms with Gasteiger partial charge in [-0.1, -0.05) is 314 Å². The van der Waals surface area contributed by atoms with E-state index in [0.29, 0.717) is 0 Å². The van der Waals surface area contributed by atoms with Crippen LogP contribution in [-0.4, -0.2) is 0 Å². The topological polar surface area (TPSA) is 26.3 Å². The van der Waals surface area contributed by atoms with Crippen molar-refractivity contribution in [3.05, 3.63) is 350 Å². The van der Waals surface area contributed by atoms with Crippen molar-refractivity contribution in [1.82, 2.24) is 0 Å². The van der Waals surface area contributed by atoms with Crippen LogP contribution in [0.25, 0.3) is 208 Å². The maximum atomic E-state index is 9.99. The van der Waals surface area contributed by atoms with Gasteiger partial charge in [0.2, 0.25) is 0 Å². The zero-order chi connectivity index (χ0) is 114. The molecule has 21 aromatic rings. The van der Waals surface area contributed by atoms with Gasteiger partial charge in [0.1, 0.15) is 22.3 Å². The third-order valence-electron chi connectivity index (χ3n) is 16.5. The lowest BCUT2D eigenvalue weighted by Crippen LogP contribution is -1.92. The average molecular weight is 1300 g/mol. The number of rotatable bonds is 6. The molecule has 0 aliphatic heterocycles. The summed E-state index contributed by atoms with van der Waals surface area (Å²) in [5.74, 6) is 0. The summed E-state index contributed by atoms with van der Waals surface area (Å²) in [4.78, 5) is 0. The Kier molecular flexibility index (Phi) is 5.30. The van der Waals surface area contributed by atoms with E-state index in [1.807, 2.05) is 0 Å². The molecule has 0 aliphatic carbocycles. The molecule has 19 aromatic carbocycles. The summed E-state index contributed by atoms with van der Waals surface area (Å²) in [6.45, 7) is 0. The van der Waals surface area contributed by atoms with Crippen molar-refractivity contribution in [2.45, 2.75) is 0 Å². The van der Waals surface area contributed by atoms with E-state index in [-0.39, 0.29) is 5.39 Å². The SMILES string of the molecule is [2H]c1c([2H])c([2H])c(-c2c([2H])c([2H])c(-c3c4c([2H])c([2H])c([2H])c([2H])c4c(-c4c([2H])c([2H])c5oc6c([2H])c([2H])c7c([2H])c([2H])c([2H])c([2H])c7c6c5c4[2H])c4c([2H])c([2H])c([2H])c([2H])c34)c3c([2H])c([2H])c([2H])c([2H])c23)c([2H])c1[2H].[2H]c1cc2c(-c3c([2H])c([2H])c(-c4c5c([2H])c([2H])c([2H])c([2H])c5c(-c5c([2H])c([2H])c6oc7c([2H])c([2H])c8c([2H])c([2H])c([2H])c([2H])c8c7c6c5[2H])c5c([2H])c([2H])c([2H])c([2H])c45)c4c([2H])c([2H])c([2H])c([2H])c34)c([2H])c([2H])c([2H])c2c([2H])c1[2H]. The first kappa shape index (κ1) is 23.2. The second kappa shape index (κ2) is 22.4. The molecule has 0 bridgehead atoms. The zero-order valence-electron chi connectivity index (χ0n) is 106. The molecule has 0 spiro atoms. The van der Waals surface area contributed by atoms with Crippen molar-refractivity contribution >= 4 is 141 Å². The Morgan fingerprint density at radius 1 is 0.173 bits per heavy atom. The smallest absolute Gasteiger partial charge is 0.136 e. The minimum absolute atomic E-state index is 0.374. The quantitative estimate of drug-likeness (QED) is 0.155. The van der Waals surface area contributed by atoms with E-state index < -0.39 is 547 Å². The normalized spacial score (nSPS) is 20.0. The average Bonchev–Trinajstić information content (AvgIpc) is 1.67. The van der Waals surface area contributed by atoms with E-state index in [4.69, 9.17) is 55.4 Å². The van der Waals surface area contributed by atoms with E-state index in [1.165, 1.54) is 0 Å². The molecule has 98 heavy (non-hydrogen) atoms. The fourth-order valence-corrected chi connectivity index (χ4v) is 12.5. The van der Waals surface area contributed by atoms with Gasteiger partial charge in [0.05, 0.1) is 78.1 Å². The van der Waals surface area contributed by atoms with Crippen LogP contribution < -0.4 is 0 Å². The lowest BCUT2D eigenvalue weighted by Gasteiger charge is -2.20. The predicted octanol–water partition coefficient (Wildman–Crippen LogP) is 27.6. The van der Waals surface area contributed by atoms with E-state index >= 15 is 0 Å². The first-order valence-corrected chi connectivity index (χ1v) is 29.1. The summed E-state index contributed by atoms with van der Waals surface area (Å²) in [6.07, 6.45) is 0. The Morgan fingerprint density at radius 3 is 0.949 bits per heavy atom. The Hall–Kier alpha value is -12.9. The van der Waals surface area contributed by atoms with E-state index in [9.17, 15) is 31.5 Å². The summed E-state index contributed by atoms with van der Waals surface area (Å²) >= 11 is 0. The van der Waals surface area contributed by atoms with Crippen molar-refractivity contribution in [2.75, 3.05) is 0 Å². The van der Waals surface area contributed by atoms with Gasteiger partial charge in [-0.15, -0.1) is 0 Å². The summed E-state index contributed by atoms with van der Waals surface area (Å²) in [6, 6.07) is -51.7. The van der Waals surface area contributed by atoms with Crippen molar-refractivity contribution in [1.29, 1.82) is 0 Å². The number of benzene rings is 19. The van der Waals surface area contributed by atoms with Crippen LogP contribution in [0.4, 0.5) is 0 Å². The van der Waals surface area contributed by atoms with Crippen LogP contribution in [0.5, 0.6) is 0 Å². The number of hydrogen-bond donors (Lipinski definition) is 0. The van der Waals surface area contributed by atoms with Gasteiger partial charge in [0.15, 0.2) is 0 Å². The van der Waals surface area contributed by atoms with E-state index in [2.05, 4.69) is 0 Å². The van der Waals surface area contributed by atoms with Crippen LogP contribution in [0.2, 0.25) is 0 Å². The molecule has 2 heterocycles. The Bertz CT molecular complexity index is 10300. The number of hydrogen-bond acceptors (Lipinski definition) is 2. The van der Waals surface area contributed by atoms with Gasteiger partial charge < -0.3 is 8.83 Å². The molecular weight excluding hydrogens is 1190 g/mol. The van der Waals surface area contributed by atoms with E-state index in [1.54, 1.807) is 0 Å². The molecular formula is C96H58O2. The molecule has 0 fully saturated rings. The molecule has 2 nitrogen and oxygen atoms in total. The van der Waals surface area contributed by atoms with Gasteiger partial charge in [-0.3, -0.25) is 0 Å². The molecule has 0 saturated heterocycles. The molecule has 0 amide bonds. The highest BCUT2D eigenvalue weighted by molar-refractivity contribution is 6.28. The minimum Gasteiger partial charge on any atom is -0.456 e. The monoisotopic (exact) mass is 1300 g/mol. The van der Waals surface area contributed by atoms with Crippen LogP contribution in [-0.2, 0) is 0 Å². The maximum absolute atomic E-state index is 9.99. The highest BCUT2D eigenvalue weighted by Gasteiger charge is 2.24. The second-order valence-corrected chi connectivity index (χ2v) is 21.6. The van der Waals surface area contributed by atoms with Gasteiger partial charge in [0, 0.05) is 21.5 Å². The molecule has 0 aliphatic rings. The van der Waals surface area contributed by atoms with E-state index in [0.717, 1.165) is 6.07 Å². The molecule has 454 valence electrons. The third kappa shape index (κ3) is 8.68. The summed E-state index contributed by atoms with van der Waals surface area (Å²) in [5, 5.41) is -13.8. The van der Waals surface area contributed by atoms with Crippen LogP contribution in [0.1, 0.15) is 78.1 Å². The van der Waals surface area contributed by atoms with Crippen molar-refractivity contribution in [2.24, 2.45) is 0 Å². The molecule has 0 atom stereocenters. The Balaban J connectivity index is 0.000000186. The van der Waals surface area contributed by atoms with Crippen molar-refractivity contribution in [3.63, 3.8) is 0 Å². The first-order valence-electron chi connectivity index (χ1n) is 57.6. The largest absolute Gasteiger partial charge is 0.456 e. The van der Waals surface area contributed by atoms with Crippen LogP contribution in [0, 0.1) is 0 Å². The standard InChI is InChI=1S/C50H30O.C46H28O/c1-3-15-34-31(12-1)14-11-23-36(34)39-26-27-44(38-18-6-5-17-37(38)39)49-42-21-9-7-19-40(42)48(41-20-8-10-22-43(41)49)33-25-28-46-45(30-33)50-35-16-4-2-13-32(35)24-29-47(50)51-46;1-2-12-29(13-3-1)32-24-25-40(35-17-7-6-16-34(32)35)45-38-20-10-8-18-36(38)44(37-19-9-11-21-39(37)45)31-23-26-42-41(28-31)46-33-15-5-4-14-30(33)22-27-43(46)47-42/h1-30H;1-28H/i1D,2D,3D,4D,5D,6D,7D,8D,9D,10D,11D,12D,13D,14D,16D,17D,18D,19D,20D,21D,22D,23D,24D,25D,26D,27D,28D,29D,30D;1D,2D,3D,4D,5D,6D,7D,8D,9D,10D,11D,12D,13D,14D,15D,16D,17D,18D,19D,20D,21D,22D,23D,24D,25D,26D,27D,28D. The van der Waals surface area contributed by atoms with Crippen LogP contribution in [0.3, 0.4) is 0 Å². The molecule has 0 saturated carbocycles. The zero-order valence-corrected chi connectivity index (χ0v) is 48.9. The third-order valence-corrected chi connectivity index (χ3v) is 16.5. The van der Waals surface area contributed by atoms with Gasteiger partial charge in [-0.2, -0.15) is 0 Å². The second-order valence-electron chi connectivity index (χ2n) is 21.6. The highest BCUT2D eigenvalue weighted by Crippen LogP contribution is 2.51. The van der Waals surface area contributed by atoms with Crippen molar-refractivity contribution in [3.8, 4) is 66.8 Å². The summed E-state index contributed by atoms with van der Waals surface area (Å²) in [7, 11) is 0. The van der Waals surface area contributed by atoms with Gasteiger partial charge in [-0.25, -0.2) is 0 Å². The maximum Gasteiger partial charge on any atom is 0.136 e. The first-order chi connectivity index (χ1) is 72.4. The minimum atomic E-state index is -1.09. The molecule has 2 aromatic heterocycles. The fraction of sp³-hybridized carbons (Fsp3) is 0. The molecule has 0 unspecified atom stereocenters. The van der Waals surface area contributed by atoms with Crippen molar-refractivity contribution < 1.29 is 87.0 Å². The summed E-state index contributed by atoms with van der Waals surface area (Å²) in [5.41, 5.74) is -11.4. The molecule has 21 rings (SSSR count). The van der Waals surface area contributed by atoms with Gasteiger partial charge in [-0.05, 0) is 200 Å². The number of fused-ring (bicyclic) bond motifs is 17. The fourth-order valence-electron chi connectivity index (χ4n) is 12.5. The lowest BCUT2D eigenvalue weighted by atomic mass is 9.83. The Morgan fingerprint density at radius 2 is 0.490 bits per heavy atom.